The summed E-state index contributed by atoms with van der Waals surface area (Å²) in [4.78, 5) is 7.35. The average molecular weight is 298 g/mol. The Labute approximate surface area is 128 Å². The van der Waals surface area contributed by atoms with Gasteiger partial charge in [0.15, 0.2) is 5.96 Å². The fourth-order valence-corrected chi connectivity index (χ4v) is 4.27. The number of nitrogens with zero attached hydrogens (tertiary/aromatic N) is 2. The van der Waals surface area contributed by atoms with Gasteiger partial charge < -0.3 is 10.6 Å². The lowest BCUT2D eigenvalue weighted by atomic mass is 10.2. The molecule has 2 aliphatic heterocycles. The highest BCUT2D eigenvalue weighted by Gasteiger charge is 2.22. The van der Waals surface area contributed by atoms with Gasteiger partial charge in [0, 0.05) is 24.4 Å². The van der Waals surface area contributed by atoms with Crippen molar-refractivity contribution >= 4 is 17.7 Å². The predicted molar refractivity (Wildman–Crippen MR) is 89.7 cm³/mol. The van der Waals surface area contributed by atoms with Gasteiger partial charge in [-0.05, 0) is 51.4 Å². The molecule has 0 aromatic heterocycles. The van der Waals surface area contributed by atoms with Crippen molar-refractivity contribution in [2.24, 2.45) is 4.99 Å². The fraction of sp³-hybridized carbons (Fsp3) is 0.933. The second-order valence-corrected chi connectivity index (χ2v) is 7.07. The molecule has 0 aliphatic carbocycles. The largest absolute Gasteiger partial charge is 0.357 e. The number of hydrogen-bond acceptors (Lipinski definition) is 3. The molecular formula is C15H30N4S. The highest BCUT2D eigenvalue weighted by atomic mass is 32.2. The zero-order valence-electron chi connectivity index (χ0n) is 13.0. The van der Waals surface area contributed by atoms with E-state index in [2.05, 4.69) is 41.1 Å². The normalized spacial score (nSPS) is 28.0. The zero-order chi connectivity index (χ0) is 14.2. The van der Waals surface area contributed by atoms with Gasteiger partial charge in [0.05, 0.1) is 6.54 Å². The van der Waals surface area contributed by atoms with E-state index in [0.717, 1.165) is 37.4 Å². The van der Waals surface area contributed by atoms with Crippen LogP contribution in [-0.4, -0.2) is 60.6 Å². The molecule has 0 aromatic rings. The molecule has 0 amide bonds. The van der Waals surface area contributed by atoms with E-state index in [-0.39, 0.29) is 0 Å². The van der Waals surface area contributed by atoms with Crippen LogP contribution in [0, 0.1) is 0 Å². The minimum Gasteiger partial charge on any atom is -0.357 e. The molecule has 0 bridgehead atoms. The van der Waals surface area contributed by atoms with E-state index in [0.29, 0.717) is 6.04 Å². The maximum atomic E-state index is 4.80. The Balaban J connectivity index is 1.78. The minimum atomic E-state index is 0.649. The van der Waals surface area contributed by atoms with E-state index < -0.39 is 0 Å². The number of rotatable bonds is 6. The number of guanidine groups is 1. The van der Waals surface area contributed by atoms with Crippen molar-refractivity contribution in [2.45, 2.75) is 50.8 Å². The number of aliphatic imine (C=N–C) groups is 1. The molecule has 2 saturated heterocycles. The summed E-state index contributed by atoms with van der Waals surface area (Å²) in [5.41, 5.74) is 0. The molecule has 2 N–H and O–H groups in total. The van der Waals surface area contributed by atoms with Crippen LogP contribution in [0.3, 0.4) is 0 Å². The number of nitrogens with one attached hydrogen (secondary N) is 2. The smallest absolute Gasteiger partial charge is 0.191 e. The van der Waals surface area contributed by atoms with Crippen molar-refractivity contribution in [3.8, 4) is 0 Å². The van der Waals surface area contributed by atoms with Gasteiger partial charge in [0.25, 0.3) is 0 Å². The quantitative estimate of drug-likeness (QED) is 0.580. The maximum absolute atomic E-state index is 4.80. The molecule has 4 nitrogen and oxygen atoms in total. The van der Waals surface area contributed by atoms with Crippen molar-refractivity contribution in [3.05, 3.63) is 0 Å². The van der Waals surface area contributed by atoms with Crippen LogP contribution in [0.4, 0.5) is 0 Å². The molecule has 2 atom stereocenters. The summed E-state index contributed by atoms with van der Waals surface area (Å²) in [5, 5.41) is 7.67. The third kappa shape index (κ3) is 4.85. The molecule has 0 spiro atoms. The van der Waals surface area contributed by atoms with Crippen LogP contribution in [0.1, 0.15) is 39.5 Å². The molecule has 2 unspecified atom stereocenters. The molecule has 0 radical (unpaired) electrons. The number of likely N-dealkylation sites (tertiary alicyclic amines) is 1. The van der Waals surface area contributed by atoms with Crippen molar-refractivity contribution < 1.29 is 0 Å². The summed E-state index contributed by atoms with van der Waals surface area (Å²) in [7, 11) is 0. The van der Waals surface area contributed by atoms with Crippen LogP contribution in [-0.2, 0) is 0 Å². The topological polar surface area (TPSA) is 39.7 Å². The Morgan fingerprint density at radius 2 is 2.15 bits per heavy atom. The predicted octanol–water partition coefficient (Wildman–Crippen LogP) is 1.92. The molecule has 5 heteroatoms. The Morgan fingerprint density at radius 3 is 2.85 bits per heavy atom. The van der Waals surface area contributed by atoms with Crippen LogP contribution < -0.4 is 10.6 Å². The Morgan fingerprint density at radius 1 is 1.25 bits per heavy atom. The van der Waals surface area contributed by atoms with Crippen LogP contribution in [0.15, 0.2) is 4.99 Å². The van der Waals surface area contributed by atoms with Gasteiger partial charge in [-0.25, -0.2) is 0 Å². The minimum absolute atomic E-state index is 0.649. The van der Waals surface area contributed by atoms with Crippen molar-refractivity contribution in [1.82, 2.24) is 15.5 Å². The molecular weight excluding hydrogens is 268 g/mol. The first-order valence-electron chi connectivity index (χ1n) is 8.21. The van der Waals surface area contributed by atoms with Gasteiger partial charge in [0.2, 0.25) is 0 Å². The Kier molecular flexibility index (Phi) is 7.00. The second-order valence-electron chi connectivity index (χ2n) is 5.66. The van der Waals surface area contributed by atoms with Crippen LogP contribution >= 0.6 is 11.8 Å². The molecule has 2 heterocycles. The number of thioether (sulfide) groups is 1. The van der Waals surface area contributed by atoms with Crippen LogP contribution in [0.2, 0.25) is 0 Å². The van der Waals surface area contributed by atoms with Crippen LogP contribution in [0.5, 0.6) is 0 Å². The first-order chi connectivity index (χ1) is 9.83. The molecule has 0 saturated carbocycles. The number of hydrogen-bond donors (Lipinski definition) is 2. The standard InChI is InChI=1S/C15H30N4S/c1-3-16-15(18-12-14-8-6-10-20-14)17-11-13-7-5-9-19(13)4-2/h13-14H,3-12H2,1-2H3,(H2,16,17,18). The van der Waals surface area contributed by atoms with Crippen molar-refractivity contribution in [3.63, 3.8) is 0 Å². The molecule has 20 heavy (non-hydrogen) atoms. The fourth-order valence-electron chi connectivity index (χ4n) is 3.07. The van der Waals surface area contributed by atoms with Crippen molar-refractivity contribution in [2.75, 3.05) is 38.5 Å². The molecule has 2 aliphatic rings. The summed E-state index contributed by atoms with van der Waals surface area (Å²) in [6, 6.07) is 0.649. The summed E-state index contributed by atoms with van der Waals surface area (Å²) < 4.78 is 0. The zero-order valence-corrected chi connectivity index (χ0v) is 13.8. The van der Waals surface area contributed by atoms with Gasteiger partial charge in [-0.2, -0.15) is 11.8 Å². The van der Waals surface area contributed by atoms with E-state index >= 15 is 0 Å². The van der Waals surface area contributed by atoms with Gasteiger partial charge in [-0.3, -0.25) is 9.89 Å². The highest BCUT2D eigenvalue weighted by molar-refractivity contribution is 8.00. The van der Waals surface area contributed by atoms with E-state index in [9.17, 15) is 0 Å². The van der Waals surface area contributed by atoms with Gasteiger partial charge in [-0.15, -0.1) is 0 Å². The third-order valence-electron chi connectivity index (χ3n) is 4.23. The lowest BCUT2D eigenvalue weighted by Crippen LogP contribution is -2.41. The second kappa shape index (κ2) is 8.78. The maximum Gasteiger partial charge on any atom is 0.191 e. The summed E-state index contributed by atoms with van der Waals surface area (Å²) in [5.74, 6) is 2.33. The molecule has 0 aromatic carbocycles. The highest BCUT2D eigenvalue weighted by Crippen LogP contribution is 2.25. The average Bonchev–Trinajstić information content (AvgIpc) is 3.12. The first-order valence-corrected chi connectivity index (χ1v) is 9.26. The van der Waals surface area contributed by atoms with Crippen LogP contribution in [0.25, 0.3) is 0 Å². The summed E-state index contributed by atoms with van der Waals surface area (Å²) in [6.07, 6.45) is 5.35. The van der Waals surface area contributed by atoms with Gasteiger partial charge in [-0.1, -0.05) is 6.92 Å². The summed E-state index contributed by atoms with van der Waals surface area (Å²) >= 11 is 2.10. The SMILES string of the molecule is CCNC(=NCC1CCCN1CC)NCC1CCCS1. The van der Waals surface area contributed by atoms with E-state index in [1.165, 1.54) is 38.0 Å². The van der Waals surface area contributed by atoms with E-state index in [1.54, 1.807) is 0 Å². The van der Waals surface area contributed by atoms with Crippen molar-refractivity contribution in [1.29, 1.82) is 0 Å². The van der Waals surface area contributed by atoms with Gasteiger partial charge >= 0.3 is 0 Å². The molecule has 2 fully saturated rings. The lowest BCUT2D eigenvalue weighted by molar-refractivity contribution is 0.273. The van der Waals surface area contributed by atoms with Gasteiger partial charge in [0.1, 0.15) is 0 Å². The first kappa shape index (κ1) is 16.0. The third-order valence-corrected chi connectivity index (χ3v) is 5.63. The molecule has 116 valence electrons. The Hall–Kier alpha value is -0.420. The Bertz CT molecular complexity index is 302. The summed E-state index contributed by atoms with van der Waals surface area (Å²) in [6.45, 7) is 9.71. The molecule has 2 rings (SSSR count). The van der Waals surface area contributed by atoms with E-state index in [4.69, 9.17) is 4.99 Å². The number of likely N-dealkylation sites (N-methyl/N-ethyl adjacent to an activating group) is 1. The monoisotopic (exact) mass is 298 g/mol. The van der Waals surface area contributed by atoms with E-state index in [1.807, 2.05) is 0 Å². The lowest BCUT2D eigenvalue weighted by Gasteiger charge is -2.21.